The van der Waals surface area contributed by atoms with E-state index in [0.717, 1.165) is 6.42 Å². The second-order valence-corrected chi connectivity index (χ2v) is 7.35. The molecule has 0 saturated heterocycles. The summed E-state index contributed by atoms with van der Waals surface area (Å²) in [5.74, 6) is 0. The molecule has 0 aromatic heterocycles. The van der Waals surface area contributed by atoms with Gasteiger partial charge in [0, 0.05) is 0 Å². The van der Waals surface area contributed by atoms with Gasteiger partial charge >= 0.3 is 35.6 Å². The normalized spacial score (nSPS) is 11.4. The zero-order valence-electron chi connectivity index (χ0n) is 12.5. The fraction of sp³-hybridized carbons (Fsp3) is 0.0500. The molecule has 3 aromatic carbocycles. The van der Waals surface area contributed by atoms with E-state index in [1.165, 1.54) is 21.9 Å². The summed E-state index contributed by atoms with van der Waals surface area (Å²) in [7, 11) is 9.78. The van der Waals surface area contributed by atoms with E-state index in [1.807, 2.05) is 12.2 Å². The first kappa shape index (κ1) is 18.2. The summed E-state index contributed by atoms with van der Waals surface area (Å²) >= 11 is -0.556. The van der Waals surface area contributed by atoms with Gasteiger partial charge in [-0.3, -0.25) is 6.08 Å². The molecule has 3 aromatic rings. The minimum Gasteiger partial charge on any atom is -0.168 e. The first-order valence-corrected chi connectivity index (χ1v) is 11.5. The van der Waals surface area contributed by atoms with Crippen LogP contribution in [0.1, 0.15) is 6.42 Å². The molecule has 0 N–H and O–H groups in total. The molecule has 0 unspecified atom stereocenters. The summed E-state index contributed by atoms with van der Waals surface area (Å²) in [6.45, 7) is 0. The van der Waals surface area contributed by atoms with E-state index >= 15 is 0 Å². The standard InChI is InChI=1S/C15H11.C5H5.2ClH.Ti/c1-2-6-12(7-3-1)14-10-4-8-13-9-5-11-15(13)14;1-2-4-5-3-1;;;/h1-11H;1-3H,4H2;2*1H;/q2*-1;;;+2/p-2. The second kappa shape index (κ2) is 10.6. The smallest absolute Gasteiger partial charge is 0.0279 e. The average Bonchev–Trinajstić information content (AvgIpc) is 3.30. The SMILES string of the molecule is [C-]1=CC=CC1.[Cl][Ti][Cl].c1ccc(-c2cccc3[cH-]ccc23)cc1. The molecule has 23 heavy (non-hydrogen) atoms. The van der Waals surface area contributed by atoms with Crippen LogP contribution in [0.15, 0.2) is 85.0 Å². The van der Waals surface area contributed by atoms with Gasteiger partial charge < -0.3 is 0 Å². The molecule has 1 aliphatic rings. The minimum absolute atomic E-state index is 0.556. The van der Waals surface area contributed by atoms with Crippen LogP contribution >= 0.6 is 18.6 Å². The van der Waals surface area contributed by atoms with Gasteiger partial charge in [-0.2, -0.15) is 18.2 Å². The van der Waals surface area contributed by atoms with Crippen molar-refractivity contribution >= 4 is 29.4 Å². The first-order valence-electron chi connectivity index (χ1n) is 7.24. The third-order valence-corrected chi connectivity index (χ3v) is 3.35. The van der Waals surface area contributed by atoms with Crippen LogP contribution in [0.5, 0.6) is 0 Å². The molecule has 0 saturated carbocycles. The molecule has 0 spiro atoms. The van der Waals surface area contributed by atoms with Crippen molar-refractivity contribution in [3.63, 3.8) is 0 Å². The molecule has 3 heteroatoms. The second-order valence-electron chi connectivity index (χ2n) is 4.77. The molecule has 0 radical (unpaired) electrons. The average molecular weight is 375 g/mol. The van der Waals surface area contributed by atoms with Crippen molar-refractivity contribution in [2.24, 2.45) is 0 Å². The van der Waals surface area contributed by atoms with Crippen molar-refractivity contribution in [3.05, 3.63) is 91.0 Å². The molecule has 1 aliphatic carbocycles. The maximum atomic E-state index is 4.89. The Morgan fingerprint density at radius 1 is 0.957 bits per heavy atom. The van der Waals surface area contributed by atoms with Gasteiger partial charge in [0.05, 0.1) is 0 Å². The van der Waals surface area contributed by atoms with Crippen LogP contribution in [0.3, 0.4) is 0 Å². The zero-order valence-corrected chi connectivity index (χ0v) is 15.6. The third-order valence-electron chi connectivity index (χ3n) is 3.35. The van der Waals surface area contributed by atoms with E-state index in [1.54, 1.807) is 0 Å². The Morgan fingerprint density at radius 2 is 1.74 bits per heavy atom. The van der Waals surface area contributed by atoms with E-state index in [0.29, 0.717) is 0 Å². The van der Waals surface area contributed by atoms with Gasteiger partial charge in [0.2, 0.25) is 0 Å². The van der Waals surface area contributed by atoms with Crippen LogP contribution in [0.25, 0.3) is 21.9 Å². The Hall–Kier alpha value is -1.18. The van der Waals surface area contributed by atoms with Crippen molar-refractivity contribution in [2.75, 3.05) is 0 Å². The number of allylic oxidation sites excluding steroid dienone is 4. The van der Waals surface area contributed by atoms with Crippen LogP contribution in [0, 0.1) is 6.08 Å². The van der Waals surface area contributed by atoms with Gasteiger partial charge in [-0.05, 0) is 5.56 Å². The molecule has 116 valence electrons. The van der Waals surface area contributed by atoms with Crippen LogP contribution in [0.2, 0.25) is 0 Å². The summed E-state index contributed by atoms with van der Waals surface area (Å²) < 4.78 is 0. The van der Waals surface area contributed by atoms with E-state index < -0.39 is 17.0 Å². The van der Waals surface area contributed by atoms with E-state index in [9.17, 15) is 0 Å². The molecule has 0 amide bonds. The molecular weight excluding hydrogens is 359 g/mol. The Balaban J connectivity index is 0.000000200. The summed E-state index contributed by atoms with van der Waals surface area (Å²) in [6, 6.07) is 23.4. The van der Waals surface area contributed by atoms with Crippen LogP contribution < -0.4 is 0 Å². The Morgan fingerprint density at radius 3 is 2.35 bits per heavy atom. The van der Waals surface area contributed by atoms with Gasteiger partial charge in [-0.15, -0.1) is 35.4 Å². The summed E-state index contributed by atoms with van der Waals surface area (Å²) in [6.07, 6.45) is 10.0. The van der Waals surface area contributed by atoms with Crippen molar-refractivity contribution in [1.82, 2.24) is 0 Å². The predicted octanol–water partition coefficient (Wildman–Crippen LogP) is 6.91. The number of hydrogen-bond acceptors (Lipinski definition) is 0. The number of fused-ring (bicyclic) bond motifs is 1. The molecule has 0 atom stereocenters. The fourth-order valence-corrected chi connectivity index (χ4v) is 2.37. The third kappa shape index (κ3) is 5.75. The quantitative estimate of drug-likeness (QED) is 0.320. The topological polar surface area (TPSA) is 0 Å². The van der Waals surface area contributed by atoms with Gasteiger partial charge in [0.25, 0.3) is 0 Å². The van der Waals surface area contributed by atoms with Crippen molar-refractivity contribution in [1.29, 1.82) is 0 Å². The number of halogens is 2. The molecule has 0 heterocycles. The summed E-state index contributed by atoms with van der Waals surface area (Å²) in [4.78, 5) is 0. The zero-order chi connectivity index (χ0) is 16.3. The maximum Gasteiger partial charge on any atom is -0.0279 e. The molecule has 0 aliphatic heterocycles. The predicted molar refractivity (Wildman–Crippen MR) is 98.3 cm³/mol. The van der Waals surface area contributed by atoms with E-state index in [2.05, 4.69) is 78.9 Å². The summed E-state index contributed by atoms with van der Waals surface area (Å²) in [5.41, 5.74) is 2.60. The Labute approximate surface area is 154 Å². The van der Waals surface area contributed by atoms with Crippen molar-refractivity contribution in [3.8, 4) is 11.1 Å². The first-order chi connectivity index (χ1) is 11.4. The van der Waals surface area contributed by atoms with Crippen molar-refractivity contribution < 1.29 is 17.0 Å². The molecule has 0 nitrogen and oxygen atoms in total. The van der Waals surface area contributed by atoms with Gasteiger partial charge in [0.1, 0.15) is 0 Å². The fourth-order valence-electron chi connectivity index (χ4n) is 2.37. The number of benzene rings is 2. The van der Waals surface area contributed by atoms with Gasteiger partial charge in [0.15, 0.2) is 0 Å². The van der Waals surface area contributed by atoms with Crippen LogP contribution in [0.4, 0.5) is 0 Å². The Bertz CT molecular complexity index is 747. The van der Waals surface area contributed by atoms with E-state index in [4.69, 9.17) is 18.6 Å². The molecule has 0 bridgehead atoms. The summed E-state index contributed by atoms with van der Waals surface area (Å²) in [5, 5.41) is 2.65. The van der Waals surface area contributed by atoms with Crippen LogP contribution in [-0.4, -0.2) is 0 Å². The van der Waals surface area contributed by atoms with E-state index in [-0.39, 0.29) is 0 Å². The number of rotatable bonds is 1. The molecule has 4 rings (SSSR count). The monoisotopic (exact) mass is 374 g/mol. The van der Waals surface area contributed by atoms with Gasteiger partial charge in [-0.1, -0.05) is 42.0 Å². The van der Waals surface area contributed by atoms with Crippen molar-refractivity contribution in [2.45, 2.75) is 6.42 Å². The minimum atomic E-state index is -0.556. The van der Waals surface area contributed by atoms with Crippen LogP contribution in [-0.2, 0) is 17.0 Å². The maximum absolute atomic E-state index is 4.89. The van der Waals surface area contributed by atoms with Gasteiger partial charge in [-0.25, -0.2) is 12.2 Å². The largest absolute Gasteiger partial charge is 0.168 e. The Kier molecular flexibility index (Phi) is 8.35. The molecular formula is C20H16Cl2Ti-2. The number of hydrogen-bond donors (Lipinski definition) is 0. The molecule has 0 fully saturated rings.